The molecular weight excluding hydrogens is 196 g/mol. The average Bonchev–Trinajstić information content (AvgIpc) is 2.42. The minimum Gasteiger partial charge on any atom is -0.392 e. The average molecular weight is 212 g/mol. The molecule has 15 heavy (non-hydrogen) atoms. The number of aromatic nitrogens is 2. The molecule has 0 spiro atoms. The summed E-state index contributed by atoms with van der Waals surface area (Å²) in [5.74, 6) is 0.498. The first kappa shape index (κ1) is 11.5. The molecule has 0 aliphatic carbocycles. The lowest BCUT2D eigenvalue weighted by molar-refractivity contribution is 0.190. The SMILES string of the molecule is Cc1cc(NC(=O)NCC(C)O)nn1C. The Hall–Kier alpha value is -1.56. The van der Waals surface area contributed by atoms with Crippen LogP contribution in [0.2, 0.25) is 0 Å². The molecule has 0 bridgehead atoms. The molecule has 0 saturated heterocycles. The van der Waals surface area contributed by atoms with Crippen molar-refractivity contribution < 1.29 is 9.90 Å². The van der Waals surface area contributed by atoms with Crippen LogP contribution in [0.1, 0.15) is 12.6 Å². The van der Waals surface area contributed by atoms with E-state index in [-0.39, 0.29) is 12.6 Å². The van der Waals surface area contributed by atoms with Crippen LogP contribution in [-0.4, -0.2) is 33.6 Å². The van der Waals surface area contributed by atoms with Gasteiger partial charge in [0.15, 0.2) is 5.82 Å². The molecular formula is C9H16N4O2. The molecule has 0 fully saturated rings. The van der Waals surface area contributed by atoms with Crippen LogP contribution in [0.25, 0.3) is 0 Å². The lowest BCUT2D eigenvalue weighted by Crippen LogP contribution is -2.34. The number of hydrogen-bond donors (Lipinski definition) is 3. The lowest BCUT2D eigenvalue weighted by Gasteiger charge is -2.06. The first-order valence-corrected chi connectivity index (χ1v) is 4.72. The minimum absolute atomic E-state index is 0.220. The van der Waals surface area contributed by atoms with Gasteiger partial charge in [-0.05, 0) is 13.8 Å². The van der Waals surface area contributed by atoms with E-state index in [0.717, 1.165) is 5.69 Å². The number of nitrogens with one attached hydrogen (secondary N) is 2. The van der Waals surface area contributed by atoms with E-state index in [2.05, 4.69) is 15.7 Å². The van der Waals surface area contributed by atoms with Crippen LogP contribution in [0.15, 0.2) is 6.07 Å². The van der Waals surface area contributed by atoms with E-state index in [1.54, 1.807) is 24.7 Å². The molecule has 0 aromatic carbocycles. The van der Waals surface area contributed by atoms with Crippen molar-refractivity contribution in [2.45, 2.75) is 20.0 Å². The minimum atomic E-state index is -0.554. The van der Waals surface area contributed by atoms with Gasteiger partial charge in [0.2, 0.25) is 0 Å². The first-order chi connectivity index (χ1) is 6.99. The van der Waals surface area contributed by atoms with Gasteiger partial charge in [0, 0.05) is 25.4 Å². The number of rotatable bonds is 3. The third-order valence-electron chi connectivity index (χ3n) is 1.91. The number of nitrogens with zero attached hydrogens (tertiary/aromatic N) is 2. The smallest absolute Gasteiger partial charge is 0.320 e. The van der Waals surface area contributed by atoms with Crippen LogP contribution in [0.5, 0.6) is 0 Å². The summed E-state index contributed by atoms with van der Waals surface area (Å²) in [7, 11) is 1.80. The number of hydrogen-bond acceptors (Lipinski definition) is 3. The summed E-state index contributed by atoms with van der Waals surface area (Å²) in [6.07, 6.45) is -0.554. The molecule has 1 heterocycles. The predicted molar refractivity (Wildman–Crippen MR) is 56.6 cm³/mol. The van der Waals surface area contributed by atoms with E-state index >= 15 is 0 Å². The third-order valence-corrected chi connectivity index (χ3v) is 1.91. The fourth-order valence-electron chi connectivity index (χ4n) is 1.02. The number of carbonyl (C=O) groups is 1. The number of urea groups is 1. The molecule has 1 unspecified atom stereocenters. The molecule has 1 rings (SSSR count). The summed E-state index contributed by atoms with van der Waals surface area (Å²) in [5.41, 5.74) is 0.959. The highest BCUT2D eigenvalue weighted by Gasteiger charge is 2.06. The zero-order chi connectivity index (χ0) is 11.4. The first-order valence-electron chi connectivity index (χ1n) is 4.72. The molecule has 1 atom stereocenters. The van der Waals surface area contributed by atoms with E-state index in [1.165, 1.54) is 0 Å². The highest BCUT2D eigenvalue weighted by molar-refractivity contribution is 5.88. The van der Waals surface area contributed by atoms with Gasteiger partial charge in [-0.25, -0.2) is 4.79 Å². The van der Waals surface area contributed by atoms with E-state index in [0.29, 0.717) is 5.82 Å². The largest absolute Gasteiger partial charge is 0.392 e. The van der Waals surface area contributed by atoms with E-state index in [1.807, 2.05) is 6.92 Å². The molecule has 6 heteroatoms. The maximum Gasteiger partial charge on any atom is 0.320 e. The zero-order valence-corrected chi connectivity index (χ0v) is 9.11. The van der Waals surface area contributed by atoms with Crippen molar-refractivity contribution in [1.82, 2.24) is 15.1 Å². The van der Waals surface area contributed by atoms with Gasteiger partial charge in [-0.3, -0.25) is 10.00 Å². The maximum absolute atomic E-state index is 11.3. The Morgan fingerprint density at radius 2 is 2.40 bits per heavy atom. The van der Waals surface area contributed by atoms with Gasteiger partial charge in [0.25, 0.3) is 0 Å². The normalized spacial score (nSPS) is 12.3. The van der Waals surface area contributed by atoms with Crippen molar-refractivity contribution in [2.75, 3.05) is 11.9 Å². The summed E-state index contributed by atoms with van der Waals surface area (Å²) < 4.78 is 1.67. The number of aryl methyl sites for hydroxylation is 2. The van der Waals surface area contributed by atoms with Crippen molar-refractivity contribution in [3.63, 3.8) is 0 Å². The summed E-state index contributed by atoms with van der Waals surface area (Å²) in [6, 6.07) is 1.40. The van der Waals surface area contributed by atoms with Crippen LogP contribution in [-0.2, 0) is 7.05 Å². The number of anilines is 1. The quantitative estimate of drug-likeness (QED) is 0.671. The second-order valence-corrected chi connectivity index (χ2v) is 3.48. The molecule has 2 amide bonds. The molecule has 6 nitrogen and oxygen atoms in total. The van der Waals surface area contributed by atoms with Crippen LogP contribution in [0, 0.1) is 6.92 Å². The highest BCUT2D eigenvalue weighted by Crippen LogP contribution is 2.05. The van der Waals surface area contributed by atoms with Gasteiger partial charge in [0.1, 0.15) is 0 Å². The van der Waals surface area contributed by atoms with Gasteiger partial charge in [-0.15, -0.1) is 0 Å². The van der Waals surface area contributed by atoms with Crippen molar-refractivity contribution >= 4 is 11.8 Å². The summed E-state index contributed by atoms with van der Waals surface area (Å²) in [6.45, 7) is 3.72. The van der Waals surface area contributed by atoms with Gasteiger partial charge in [-0.1, -0.05) is 0 Å². The fourth-order valence-corrected chi connectivity index (χ4v) is 1.02. The van der Waals surface area contributed by atoms with Gasteiger partial charge in [-0.2, -0.15) is 5.10 Å². The van der Waals surface area contributed by atoms with Crippen LogP contribution in [0.3, 0.4) is 0 Å². The molecule has 0 radical (unpaired) electrons. The van der Waals surface area contributed by atoms with Gasteiger partial charge >= 0.3 is 6.03 Å². The zero-order valence-electron chi connectivity index (χ0n) is 9.11. The van der Waals surface area contributed by atoms with Crippen molar-refractivity contribution in [2.24, 2.45) is 7.05 Å². The fraction of sp³-hybridized carbons (Fsp3) is 0.556. The van der Waals surface area contributed by atoms with Crippen LogP contribution >= 0.6 is 0 Å². The van der Waals surface area contributed by atoms with Crippen molar-refractivity contribution in [3.05, 3.63) is 11.8 Å². The maximum atomic E-state index is 11.3. The Labute approximate surface area is 88.3 Å². The molecule has 0 aliphatic rings. The Morgan fingerprint density at radius 1 is 1.73 bits per heavy atom. The Balaban J connectivity index is 2.44. The Bertz CT molecular complexity index is 326. The van der Waals surface area contributed by atoms with Gasteiger partial charge in [0.05, 0.1) is 6.10 Å². The summed E-state index contributed by atoms with van der Waals surface area (Å²) in [5, 5.41) is 18.1. The van der Waals surface area contributed by atoms with Crippen molar-refractivity contribution in [1.29, 1.82) is 0 Å². The molecule has 1 aromatic rings. The van der Waals surface area contributed by atoms with Crippen LogP contribution < -0.4 is 10.6 Å². The third kappa shape index (κ3) is 3.59. The second kappa shape index (κ2) is 4.79. The van der Waals surface area contributed by atoms with Gasteiger partial charge < -0.3 is 10.4 Å². The van der Waals surface area contributed by atoms with Crippen molar-refractivity contribution in [3.8, 4) is 0 Å². The number of amides is 2. The Morgan fingerprint density at radius 3 is 2.87 bits per heavy atom. The number of aliphatic hydroxyl groups is 1. The molecule has 0 aliphatic heterocycles. The highest BCUT2D eigenvalue weighted by atomic mass is 16.3. The van der Waals surface area contributed by atoms with E-state index < -0.39 is 6.10 Å². The number of aliphatic hydroxyl groups excluding tert-OH is 1. The predicted octanol–water partition coefficient (Wildman–Crippen LogP) is 0.231. The molecule has 0 saturated carbocycles. The standard InChI is InChI=1S/C9H16N4O2/c1-6-4-8(12-13(6)3)11-9(15)10-5-7(2)14/h4,7,14H,5H2,1-3H3,(H2,10,11,12,15). The lowest BCUT2D eigenvalue weighted by atomic mass is 10.4. The summed E-state index contributed by atoms with van der Waals surface area (Å²) in [4.78, 5) is 11.3. The monoisotopic (exact) mass is 212 g/mol. The van der Waals surface area contributed by atoms with Crippen LogP contribution in [0.4, 0.5) is 10.6 Å². The molecule has 3 N–H and O–H groups in total. The second-order valence-electron chi connectivity index (χ2n) is 3.48. The molecule has 84 valence electrons. The number of carbonyl (C=O) groups excluding carboxylic acids is 1. The summed E-state index contributed by atoms with van der Waals surface area (Å²) >= 11 is 0. The topological polar surface area (TPSA) is 79.2 Å². The Kier molecular flexibility index (Phi) is 3.68. The van der Waals surface area contributed by atoms with E-state index in [9.17, 15) is 4.79 Å². The van der Waals surface area contributed by atoms with E-state index in [4.69, 9.17) is 5.11 Å². The molecule has 1 aromatic heterocycles.